The fourth-order valence-corrected chi connectivity index (χ4v) is 5.02. The quantitative estimate of drug-likeness (QED) is 0.435. The van der Waals surface area contributed by atoms with Crippen LogP contribution >= 0.6 is 0 Å². The normalized spacial score (nSPS) is 22.4. The molecule has 0 radical (unpaired) electrons. The van der Waals surface area contributed by atoms with Crippen molar-refractivity contribution >= 4 is 0 Å². The minimum atomic E-state index is 0.271. The highest BCUT2D eigenvalue weighted by atomic mass is 16.5. The molecule has 0 spiro atoms. The van der Waals surface area contributed by atoms with Crippen LogP contribution in [0.5, 0.6) is 5.75 Å². The van der Waals surface area contributed by atoms with Crippen molar-refractivity contribution in [2.45, 2.75) is 116 Å². The van der Waals surface area contributed by atoms with Gasteiger partial charge in [-0.25, -0.2) is 0 Å². The molecule has 0 amide bonds. The molecule has 1 aromatic carbocycles. The first-order valence-corrected chi connectivity index (χ1v) is 12.8. The van der Waals surface area contributed by atoms with E-state index in [0.29, 0.717) is 6.10 Å². The zero-order valence-electron chi connectivity index (χ0n) is 21.4. The summed E-state index contributed by atoms with van der Waals surface area (Å²) in [5.41, 5.74) is 1.62. The molecule has 0 N–H and O–H groups in total. The van der Waals surface area contributed by atoms with E-state index in [-0.39, 0.29) is 5.60 Å². The van der Waals surface area contributed by atoms with Crippen molar-refractivity contribution < 1.29 is 14.2 Å². The Morgan fingerprint density at radius 3 is 1.94 bits per heavy atom. The fraction of sp³-hybridized carbons (Fsp3) is 0.786. The first-order valence-electron chi connectivity index (χ1n) is 12.8. The molecule has 3 nitrogen and oxygen atoms in total. The number of methoxy groups -OCH3 is 3. The molecule has 1 aromatic rings. The molecule has 0 saturated heterocycles. The zero-order chi connectivity index (χ0) is 23.0. The van der Waals surface area contributed by atoms with Crippen molar-refractivity contribution in [2.75, 3.05) is 21.3 Å². The van der Waals surface area contributed by atoms with Crippen LogP contribution in [-0.2, 0) is 15.9 Å². The molecule has 0 bridgehead atoms. The molecule has 2 atom stereocenters. The van der Waals surface area contributed by atoms with E-state index in [2.05, 4.69) is 32.9 Å². The van der Waals surface area contributed by atoms with Gasteiger partial charge in [0.25, 0.3) is 0 Å². The third-order valence-electron chi connectivity index (χ3n) is 7.14. The minimum absolute atomic E-state index is 0.271. The van der Waals surface area contributed by atoms with Gasteiger partial charge in [-0.1, -0.05) is 77.8 Å². The van der Waals surface area contributed by atoms with Crippen LogP contribution in [0, 0.1) is 5.92 Å². The SMILES string of the molecule is CCC1CCCCC1OC.CCCC1(OC)CCCCC1.CCc1ccc(OC)cc1. The summed E-state index contributed by atoms with van der Waals surface area (Å²) in [5, 5.41) is 0. The Balaban J connectivity index is 0.000000233. The summed E-state index contributed by atoms with van der Waals surface area (Å²) < 4.78 is 16.0. The molecule has 2 aliphatic carbocycles. The number of rotatable bonds is 7. The average molecular weight is 435 g/mol. The summed E-state index contributed by atoms with van der Waals surface area (Å²) in [6.45, 7) is 6.65. The van der Waals surface area contributed by atoms with E-state index in [0.717, 1.165) is 18.1 Å². The van der Waals surface area contributed by atoms with E-state index in [9.17, 15) is 0 Å². The lowest BCUT2D eigenvalue weighted by atomic mass is 9.81. The average Bonchev–Trinajstić information content (AvgIpc) is 2.85. The Kier molecular flexibility index (Phi) is 14.9. The predicted octanol–water partition coefficient (Wildman–Crippen LogP) is 8.00. The fourth-order valence-electron chi connectivity index (χ4n) is 5.02. The summed E-state index contributed by atoms with van der Waals surface area (Å²) in [6.07, 6.45) is 17.6. The van der Waals surface area contributed by atoms with Crippen molar-refractivity contribution in [3.8, 4) is 5.75 Å². The molecule has 180 valence electrons. The van der Waals surface area contributed by atoms with Gasteiger partial charge in [-0.3, -0.25) is 0 Å². The van der Waals surface area contributed by atoms with Gasteiger partial charge in [0.1, 0.15) is 5.75 Å². The summed E-state index contributed by atoms with van der Waals surface area (Å²) in [5.74, 6) is 1.77. The molecule has 2 unspecified atom stereocenters. The highest BCUT2D eigenvalue weighted by Crippen LogP contribution is 2.34. The van der Waals surface area contributed by atoms with Crippen LogP contribution in [0.15, 0.2) is 24.3 Å². The van der Waals surface area contributed by atoms with E-state index in [4.69, 9.17) is 14.2 Å². The predicted molar refractivity (Wildman–Crippen MR) is 133 cm³/mol. The third kappa shape index (κ3) is 10.4. The lowest BCUT2D eigenvalue weighted by molar-refractivity contribution is -0.0458. The van der Waals surface area contributed by atoms with Gasteiger partial charge in [0.15, 0.2) is 0 Å². The summed E-state index contributed by atoms with van der Waals surface area (Å²) in [4.78, 5) is 0. The second-order valence-electron chi connectivity index (χ2n) is 9.13. The van der Waals surface area contributed by atoms with E-state index in [1.165, 1.54) is 82.6 Å². The molecule has 0 aliphatic heterocycles. The van der Waals surface area contributed by atoms with Crippen LogP contribution in [0.2, 0.25) is 0 Å². The standard InChI is InChI=1S/C10H20O.C9H12O.C9H18O/c1-3-7-10(11-2)8-5-4-6-9-10;1-3-8-4-6-9(10-2)7-5-8;1-3-8-6-4-5-7-9(8)10-2/h3-9H2,1-2H3;4-7H,3H2,1-2H3;8-9H,3-7H2,1-2H3. The molecule has 0 aromatic heterocycles. The molecular weight excluding hydrogens is 384 g/mol. The largest absolute Gasteiger partial charge is 0.497 e. The van der Waals surface area contributed by atoms with Gasteiger partial charge in [0, 0.05) is 14.2 Å². The Labute approximate surface area is 193 Å². The van der Waals surface area contributed by atoms with Crippen molar-refractivity contribution in [3.05, 3.63) is 29.8 Å². The highest BCUT2D eigenvalue weighted by Gasteiger charge is 2.30. The molecule has 3 heteroatoms. The maximum absolute atomic E-state index is 5.62. The van der Waals surface area contributed by atoms with Gasteiger partial charge in [-0.2, -0.15) is 0 Å². The number of ether oxygens (including phenoxy) is 3. The van der Waals surface area contributed by atoms with Crippen molar-refractivity contribution in [3.63, 3.8) is 0 Å². The smallest absolute Gasteiger partial charge is 0.118 e. The van der Waals surface area contributed by atoms with Crippen molar-refractivity contribution in [1.29, 1.82) is 0 Å². The molecule has 2 aliphatic rings. The first-order chi connectivity index (χ1) is 15.1. The maximum atomic E-state index is 5.62. The van der Waals surface area contributed by atoms with E-state index >= 15 is 0 Å². The third-order valence-corrected chi connectivity index (χ3v) is 7.14. The number of benzene rings is 1. The van der Waals surface area contributed by atoms with Gasteiger partial charge in [0.2, 0.25) is 0 Å². The number of aryl methyl sites for hydroxylation is 1. The summed E-state index contributed by atoms with van der Waals surface area (Å²) in [6, 6.07) is 8.13. The van der Waals surface area contributed by atoms with E-state index < -0.39 is 0 Å². The van der Waals surface area contributed by atoms with Crippen molar-refractivity contribution in [2.24, 2.45) is 5.92 Å². The Hall–Kier alpha value is -1.06. The monoisotopic (exact) mass is 434 g/mol. The summed E-state index contributed by atoms with van der Waals surface area (Å²) in [7, 11) is 5.40. The Bertz CT molecular complexity index is 493. The highest BCUT2D eigenvalue weighted by molar-refractivity contribution is 5.26. The van der Waals surface area contributed by atoms with Gasteiger partial charge < -0.3 is 14.2 Å². The summed E-state index contributed by atoms with van der Waals surface area (Å²) >= 11 is 0. The number of hydrogen-bond acceptors (Lipinski definition) is 3. The topological polar surface area (TPSA) is 27.7 Å². The maximum Gasteiger partial charge on any atom is 0.118 e. The Morgan fingerprint density at radius 1 is 0.839 bits per heavy atom. The van der Waals surface area contributed by atoms with Crippen LogP contribution < -0.4 is 4.74 Å². The number of hydrogen-bond donors (Lipinski definition) is 0. The van der Waals surface area contributed by atoms with Crippen LogP contribution in [0.3, 0.4) is 0 Å². The Morgan fingerprint density at radius 2 is 1.48 bits per heavy atom. The van der Waals surface area contributed by atoms with Gasteiger partial charge in [-0.05, 0) is 62.1 Å². The van der Waals surface area contributed by atoms with E-state index in [1.807, 2.05) is 26.4 Å². The van der Waals surface area contributed by atoms with E-state index in [1.54, 1.807) is 7.11 Å². The van der Waals surface area contributed by atoms with Gasteiger partial charge in [0.05, 0.1) is 18.8 Å². The minimum Gasteiger partial charge on any atom is -0.497 e. The molecule has 0 heterocycles. The lowest BCUT2D eigenvalue weighted by Gasteiger charge is -2.35. The second-order valence-corrected chi connectivity index (χ2v) is 9.13. The van der Waals surface area contributed by atoms with Crippen LogP contribution in [0.4, 0.5) is 0 Å². The van der Waals surface area contributed by atoms with Crippen molar-refractivity contribution in [1.82, 2.24) is 0 Å². The van der Waals surface area contributed by atoms with Crippen LogP contribution in [0.1, 0.15) is 103 Å². The molecule has 3 rings (SSSR count). The molecular formula is C28H50O3. The van der Waals surface area contributed by atoms with Gasteiger partial charge in [-0.15, -0.1) is 0 Å². The van der Waals surface area contributed by atoms with Crippen LogP contribution in [-0.4, -0.2) is 33.0 Å². The molecule has 31 heavy (non-hydrogen) atoms. The first kappa shape index (κ1) is 28.0. The lowest BCUT2D eigenvalue weighted by Crippen LogP contribution is -2.33. The van der Waals surface area contributed by atoms with Crippen LogP contribution in [0.25, 0.3) is 0 Å². The van der Waals surface area contributed by atoms with Gasteiger partial charge >= 0.3 is 0 Å². The molecule has 2 saturated carbocycles. The molecule has 2 fully saturated rings. The second kappa shape index (κ2) is 16.6. The zero-order valence-corrected chi connectivity index (χ0v) is 21.4.